The average Bonchev–Trinajstić information content (AvgIpc) is 1.76. The zero-order valence-electron chi connectivity index (χ0n) is 63.2. The number of hydrogen-bond donors (Lipinski definition) is 0. The van der Waals surface area contributed by atoms with Gasteiger partial charge in [0.2, 0.25) is 0 Å². The second-order valence-corrected chi connectivity index (χ2v) is 29.2. The van der Waals surface area contributed by atoms with Crippen molar-refractivity contribution in [3.63, 3.8) is 0 Å². The highest BCUT2D eigenvalue weighted by molar-refractivity contribution is 6.09. The Balaban J connectivity index is 0.000000110. The van der Waals surface area contributed by atoms with Crippen molar-refractivity contribution < 1.29 is 13.3 Å². The van der Waals surface area contributed by atoms with Gasteiger partial charge in [0.15, 0.2) is 11.6 Å². The highest BCUT2D eigenvalue weighted by Crippen LogP contribution is 2.42. The Bertz CT molecular complexity index is 7680. The molecule has 0 aliphatic rings. The van der Waals surface area contributed by atoms with Crippen LogP contribution in [0.25, 0.3) is 222 Å². The summed E-state index contributed by atoms with van der Waals surface area (Å²) in [5, 5.41) is 8.82. The van der Waals surface area contributed by atoms with Crippen LogP contribution < -0.4 is 0 Å². The summed E-state index contributed by atoms with van der Waals surface area (Å²) in [5.41, 5.74) is 30.1. The molecule has 0 saturated heterocycles. The summed E-state index contributed by atoms with van der Waals surface area (Å²) in [6.45, 7) is 0. The summed E-state index contributed by atoms with van der Waals surface area (Å²) in [5.74, 6) is 1.46. The number of rotatable bonds is 11. The molecule has 0 unspecified atom stereocenters. The van der Waals surface area contributed by atoms with Gasteiger partial charge in [-0.2, -0.15) is 0 Å². The fourth-order valence-corrected chi connectivity index (χ4v) is 16.0. The van der Waals surface area contributed by atoms with E-state index in [1.807, 2.05) is 152 Å². The lowest BCUT2D eigenvalue weighted by Crippen LogP contribution is -1.95. The molecule has 23 rings (SSSR count). The molecule has 0 saturated carbocycles. The standard InChI is InChI=1S/2C38H24N2O.C32H20N2O/c1-3-10-25(11-4-1)37-33-23-29(19-21-34(33)39-38(40-37)26-12-5-2-6-13-26)27-14-9-15-28(22-27)30-18-20-32-31-16-7-8-17-35(31)41-36(32)24-30;1-2-9-25(10-3-1)28-11-8-12-29(23-28)26-17-19-27(20-18-26)37-38(40-34-15-6-5-14-33(34)39-37)30-21-22-32-31-13-4-7-16-35(31)41-36(32)24-30;1-3-9-21(10-4-1)31-27-19-23(16-18-28(27)33-32(34-31)22-11-5-2-6-12-22)24-15-17-26-25-13-7-8-14-29(25)35-30(26)20-24/h2*1-24H;1-20H. The predicted molar refractivity (Wildman–Crippen MR) is 480 cm³/mol. The van der Waals surface area contributed by atoms with Gasteiger partial charge in [-0.1, -0.05) is 309 Å². The first-order valence-corrected chi connectivity index (χ1v) is 39.2. The lowest BCUT2D eigenvalue weighted by Gasteiger charge is -2.12. The van der Waals surface area contributed by atoms with E-state index in [9.17, 15) is 0 Å². The van der Waals surface area contributed by atoms with Crippen LogP contribution in [0.3, 0.4) is 0 Å². The van der Waals surface area contributed by atoms with Crippen molar-refractivity contribution in [1.29, 1.82) is 0 Å². The molecule has 23 aromatic rings. The van der Waals surface area contributed by atoms with E-state index in [2.05, 4.69) is 261 Å². The molecule has 117 heavy (non-hydrogen) atoms. The Morgan fingerprint density at radius 3 is 0.812 bits per heavy atom. The Morgan fingerprint density at radius 1 is 0.128 bits per heavy atom. The first-order valence-electron chi connectivity index (χ1n) is 39.2. The first-order chi connectivity index (χ1) is 57.9. The normalized spacial score (nSPS) is 11.4. The van der Waals surface area contributed by atoms with E-state index in [4.69, 9.17) is 43.2 Å². The zero-order chi connectivity index (χ0) is 77.5. The number of para-hydroxylation sites is 5. The van der Waals surface area contributed by atoms with Gasteiger partial charge in [-0.15, -0.1) is 0 Å². The van der Waals surface area contributed by atoms with Gasteiger partial charge in [0.25, 0.3) is 0 Å². The Morgan fingerprint density at radius 2 is 0.393 bits per heavy atom. The molecule has 9 heteroatoms. The summed E-state index contributed by atoms with van der Waals surface area (Å²) in [4.78, 5) is 30.2. The van der Waals surface area contributed by atoms with E-state index in [0.29, 0.717) is 0 Å². The molecule has 0 amide bonds. The molecule has 6 heterocycles. The van der Waals surface area contributed by atoms with Crippen molar-refractivity contribution in [2.45, 2.75) is 0 Å². The van der Waals surface area contributed by atoms with Crippen molar-refractivity contribution in [2.75, 3.05) is 0 Å². The number of fused-ring (bicyclic) bond motifs is 12. The Labute approximate surface area is 673 Å². The summed E-state index contributed by atoms with van der Waals surface area (Å²) in [6, 6.07) is 142. The molecule has 0 atom stereocenters. The summed E-state index contributed by atoms with van der Waals surface area (Å²) < 4.78 is 18.5. The van der Waals surface area contributed by atoms with E-state index in [0.717, 1.165) is 205 Å². The molecule has 0 fully saturated rings. The fourth-order valence-electron chi connectivity index (χ4n) is 16.0. The molecule has 0 spiro atoms. The maximum absolute atomic E-state index is 6.21. The van der Waals surface area contributed by atoms with Gasteiger partial charge in [-0.05, 0) is 159 Å². The quantitative estimate of drug-likeness (QED) is 0.125. The minimum atomic E-state index is 0.729. The van der Waals surface area contributed by atoms with Gasteiger partial charge in [0, 0.05) is 76.5 Å². The van der Waals surface area contributed by atoms with Crippen LogP contribution in [-0.4, -0.2) is 29.9 Å². The van der Waals surface area contributed by atoms with Gasteiger partial charge in [0.05, 0.1) is 44.8 Å². The number of nitrogens with zero attached hydrogens (tertiary/aromatic N) is 6. The molecule has 6 aromatic heterocycles. The molecule has 0 aliphatic heterocycles. The minimum Gasteiger partial charge on any atom is -0.456 e. The van der Waals surface area contributed by atoms with Crippen LogP contribution in [0, 0.1) is 0 Å². The molecule has 9 nitrogen and oxygen atoms in total. The lowest BCUT2D eigenvalue weighted by molar-refractivity contribution is 0.668. The van der Waals surface area contributed by atoms with Crippen molar-refractivity contribution in [3.05, 3.63) is 413 Å². The number of hydrogen-bond acceptors (Lipinski definition) is 9. The van der Waals surface area contributed by atoms with E-state index >= 15 is 0 Å². The Hall–Kier alpha value is -15.8. The molecule has 0 bridgehead atoms. The second-order valence-electron chi connectivity index (χ2n) is 29.2. The van der Waals surface area contributed by atoms with Crippen LogP contribution in [0.1, 0.15) is 0 Å². The zero-order valence-corrected chi connectivity index (χ0v) is 63.2. The van der Waals surface area contributed by atoms with Crippen LogP contribution in [0.5, 0.6) is 0 Å². The van der Waals surface area contributed by atoms with Gasteiger partial charge in [-0.3, -0.25) is 0 Å². The van der Waals surface area contributed by atoms with Crippen LogP contribution in [0.15, 0.2) is 426 Å². The van der Waals surface area contributed by atoms with Crippen LogP contribution >= 0.6 is 0 Å². The van der Waals surface area contributed by atoms with Crippen LogP contribution in [0.4, 0.5) is 0 Å². The minimum absolute atomic E-state index is 0.729. The number of furan rings is 3. The lowest BCUT2D eigenvalue weighted by atomic mass is 9.96. The van der Waals surface area contributed by atoms with Gasteiger partial charge in [0.1, 0.15) is 33.5 Å². The van der Waals surface area contributed by atoms with Crippen LogP contribution in [-0.2, 0) is 0 Å². The van der Waals surface area contributed by atoms with E-state index < -0.39 is 0 Å². The molecular formula is C108H68N6O3. The highest BCUT2D eigenvalue weighted by Gasteiger charge is 2.20. The van der Waals surface area contributed by atoms with Crippen molar-refractivity contribution in [3.8, 4) is 123 Å². The molecule has 0 radical (unpaired) electrons. The molecule has 0 aliphatic carbocycles. The monoisotopic (exact) mass is 1500 g/mol. The van der Waals surface area contributed by atoms with Crippen molar-refractivity contribution in [2.24, 2.45) is 0 Å². The third kappa shape index (κ3) is 13.5. The van der Waals surface area contributed by atoms with Crippen molar-refractivity contribution >= 4 is 98.7 Å². The van der Waals surface area contributed by atoms with Crippen molar-refractivity contribution in [1.82, 2.24) is 29.9 Å². The maximum atomic E-state index is 6.21. The SMILES string of the molecule is c1ccc(-c2cccc(-c3ccc(-c4nc5ccccc5nc4-c4ccc5c(c4)oc4ccccc45)cc3)c2)cc1.c1ccc(-c2nc(-c3ccccc3)c3cc(-c4ccc5c(c4)oc4ccccc45)ccc3n2)cc1.c1ccc(-c2nc(-c3ccccc3)c3cc(-c4cccc(-c5ccc6c(c5)oc5ccccc56)c4)ccc3n2)cc1. The Kier molecular flexibility index (Phi) is 17.7. The molecule has 17 aromatic carbocycles. The van der Waals surface area contributed by atoms with E-state index in [1.54, 1.807) is 0 Å². The molecule has 0 N–H and O–H groups in total. The fraction of sp³-hybridized carbons (Fsp3) is 0. The summed E-state index contributed by atoms with van der Waals surface area (Å²) in [6.07, 6.45) is 0. The van der Waals surface area contributed by atoms with E-state index in [1.165, 1.54) is 16.7 Å². The average molecular weight is 1500 g/mol. The third-order valence-corrected chi connectivity index (χ3v) is 21.9. The topological polar surface area (TPSA) is 117 Å². The number of benzene rings is 17. The summed E-state index contributed by atoms with van der Waals surface area (Å²) >= 11 is 0. The summed E-state index contributed by atoms with van der Waals surface area (Å²) in [7, 11) is 0. The molecule has 548 valence electrons. The van der Waals surface area contributed by atoms with E-state index in [-0.39, 0.29) is 0 Å². The third-order valence-electron chi connectivity index (χ3n) is 21.9. The van der Waals surface area contributed by atoms with Crippen LogP contribution in [0.2, 0.25) is 0 Å². The van der Waals surface area contributed by atoms with Gasteiger partial charge < -0.3 is 13.3 Å². The second kappa shape index (κ2) is 30.0. The first kappa shape index (κ1) is 69.1. The molecular weight excluding hydrogens is 1430 g/mol. The van der Waals surface area contributed by atoms with Gasteiger partial charge >= 0.3 is 0 Å². The highest BCUT2D eigenvalue weighted by atomic mass is 16.3. The predicted octanol–water partition coefficient (Wildman–Crippen LogP) is 28.9. The largest absolute Gasteiger partial charge is 0.456 e. The smallest absolute Gasteiger partial charge is 0.160 e. The maximum Gasteiger partial charge on any atom is 0.160 e. The number of aromatic nitrogens is 6. The van der Waals surface area contributed by atoms with Gasteiger partial charge in [-0.25, -0.2) is 29.9 Å².